The van der Waals surface area contributed by atoms with Gasteiger partial charge in [0.2, 0.25) is 0 Å². The van der Waals surface area contributed by atoms with Crippen LogP contribution in [0.4, 0.5) is 5.82 Å². The Morgan fingerprint density at radius 2 is 1.90 bits per heavy atom. The maximum Gasteiger partial charge on any atom is 0.254 e. The van der Waals surface area contributed by atoms with Gasteiger partial charge in [-0.25, -0.2) is 4.68 Å². The molecular formula is C22H25N5O3. The molecule has 0 spiro atoms. The Morgan fingerprint density at radius 3 is 2.50 bits per heavy atom. The lowest BCUT2D eigenvalue weighted by Gasteiger charge is -2.06. The van der Waals surface area contributed by atoms with Crippen molar-refractivity contribution >= 4 is 17.5 Å². The number of ketones is 1. The number of benzene rings is 1. The molecule has 2 heterocycles. The van der Waals surface area contributed by atoms with E-state index in [2.05, 4.69) is 10.3 Å². The summed E-state index contributed by atoms with van der Waals surface area (Å²) in [7, 11) is 0. The van der Waals surface area contributed by atoms with Crippen LogP contribution >= 0.6 is 0 Å². The van der Waals surface area contributed by atoms with E-state index in [-0.39, 0.29) is 36.0 Å². The first-order chi connectivity index (χ1) is 14.3. The predicted molar refractivity (Wildman–Crippen MR) is 112 cm³/mol. The molecule has 4 rings (SSSR count). The van der Waals surface area contributed by atoms with Gasteiger partial charge in [-0.05, 0) is 32.3 Å². The first-order valence-electron chi connectivity index (χ1n) is 10.1. The number of nitrogens with two attached hydrogens (primary N) is 2. The number of hydrogen-bond acceptors (Lipinski definition) is 6. The lowest BCUT2D eigenvalue weighted by Crippen LogP contribution is -2.15. The summed E-state index contributed by atoms with van der Waals surface area (Å²) in [6.45, 7) is 3.85. The number of carbonyl (C=O) groups excluding carboxylic acids is 2. The Balaban J connectivity index is 1.48. The van der Waals surface area contributed by atoms with Crippen molar-refractivity contribution in [3.63, 3.8) is 0 Å². The minimum absolute atomic E-state index is 0.00861. The number of rotatable bonds is 8. The van der Waals surface area contributed by atoms with Crippen molar-refractivity contribution in [1.29, 1.82) is 0 Å². The first kappa shape index (κ1) is 19.9. The normalized spacial score (nSPS) is 13.7. The van der Waals surface area contributed by atoms with Crippen LogP contribution in [0.1, 0.15) is 66.0 Å². The molecular weight excluding hydrogens is 382 g/mol. The number of anilines is 1. The topological polar surface area (TPSA) is 130 Å². The Kier molecular flexibility index (Phi) is 5.15. The van der Waals surface area contributed by atoms with Crippen molar-refractivity contribution in [1.82, 2.24) is 14.9 Å². The van der Waals surface area contributed by atoms with Gasteiger partial charge < -0.3 is 16.0 Å². The monoisotopic (exact) mass is 407 g/mol. The van der Waals surface area contributed by atoms with Crippen molar-refractivity contribution in [2.45, 2.75) is 51.5 Å². The number of Topliss-reactive ketones (excluding diaryl/α,β-unsaturated/α-hetero) is 1. The van der Waals surface area contributed by atoms with Gasteiger partial charge in [-0.1, -0.05) is 29.4 Å². The van der Waals surface area contributed by atoms with E-state index in [0.29, 0.717) is 17.3 Å². The van der Waals surface area contributed by atoms with Crippen LogP contribution in [0, 0.1) is 0 Å². The summed E-state index contributed by atoms with van der Waals surface area (Å²) in [4.78, 5) is 24.3. The number of carbonyl (C=O) groups is 2. The molecule has 8 heteroatoms. The average Bonchev–Trinajstić information content (AvgIpc) is 3.33. The van der Waals surface area contributed by atoms with Gasteiger partial charge in [-0.2, -0.15) is 5.10 Å². The van der Waals surface area contributed by atoms with E-state index in [0.717, 1.165) is 29.7 Å². The zero-order valence-electron chi connectivity index (χ0n) is 17.1. The molecule has 1 amide bonds. The third kappa shape index (κ3) is 3.98. The van der Waals surface area contributed by atoms with Crippen molar-refractivity contribution in [2.75, 3.05) is 5.73 Å². The van der Waals surface area contributed by atoms with Gasteiger partial charge >= 0.3 is 0 Å². The van der Waals surface area contributed by atoms with Gasteiger partial charge in [-0.3, -0.25) is 9.59 Å². The zero-order valence-corrected chi connectivity index (χ0v) is 17.1. The average molecular weight is 407 g/mol. The molecule has 0 atom stereocenters. The number of nitrogen functional groups attached to an aromatic ring is 1. The fraction of sp³-hybridized carbons (Fsp3) is 0.364. The number of primary amides is 1. The van der Waals surface area contributed by atoms with Gasteiger partial charge in [-0.15, -0.1) is 0 Å². The second kappa shape index (κ2) is 7.78. The molecule has 0 bridgehead atoms. The molecule has 156 valence electrons. The molecule has 0 radical (unpaired) electrons. The summed E-state index contributed by atoms with van der Waals surface area (Å²) in [5, 5.41) is 8.48. The molecule has 1 aliphatic rings. The molecule has 0 unspecified atom stereocenters. The van der Waals surface area contributed by atoms with Crippen molar-refractivity contribution in [3.8, 4) is 11.3 Å². The summed E-state index contributed by atoms with van der Waals surface area (Å²) in [5.41, 5.74) is 14.5. The molecule has 0 aliphatic heterocycles. The lowest BCUT2D eigenvalue weighted by atomic mass is 10.0. The summed E-state index contributed by atoms with van der Waals surface area (Å²) >= 11 is 0. The van der Waals surface area contributed by atoms with Crippen molar-refractivity contribution in [2.24, 2.45) is 5.73 Å². The van der Waals surface area contributed by atoms with Crippen LogP contribution in [-0.2, 0) is 17.6 Å². The summed E-state index contributed by atoms with van der Waals surface area (Å²) in [6, 6.07) is 9.22. The molecule has 1 saturated carbocycles. The standard InChI is InChI=1S/C22H25N5O3/c1-12(2)27-21(23)19(22(24)29)20(25-27)15-5-3-13(4-6-15)9-17(28)10-16-11-18(30-26-16)14-7-8-14/h3-6,11-12,14H,7-10,23H2,1-2H3,(H2,24,29). The fourth-order valence-corrected chi connectivity index (χ4v) is 3.53. The molecule has 8 nitrogen and oxygen atoms in total. The third-order valence-electron chi connectivity index (χ3n) is 5.25. The van der Waals surface area contributed by atoms with Gasteiger partial charge in [0.1, 0.15) is 28.6 Å². The fourth-order valence-electron chi connectivity index (χ4n) is 3.53. The van der Waals surface area contributed by atoms with Gasteiger partial charge in [0.25, 0.3) is 5.91 Å². The minimum atomic E-state index is -0.619. The molecule has 1 fully saturated rings. The molecule has 2 aromatic heterocycles. The Morgan fingerprint density at radius 1 is 1.20 bits per heavy atom. The quantitative estimate of drug-likeness (QED) is 0.590. The van der Waals surface area contributed by atoms with Crippen LogP contribution in [0.2, 0.25) is 0 Å². The van der Waals surface area contributed by atoms with Crippen LogP contribution in [0.3, 0.4) is 0 Å². The highest BCUT2D eigenvalue weighted by atomic mass is 16.5. The second-order valence-corrected chi connectivity index (χ2v) is 8.10. The van der Waals surface area contributed by atoms with E-state index in [4.69, 9.17) is 16.0 Å². The molecule has 0 saturated heterocycles. The highest BCUT2D eigenvalue weighted by Gasteiger charge is 2.28. The molecule has 30 heavy (non-hydrogen) atoms. The third-order valence-corrected chi connectivity index (χ3v) is 5.25. The largest absolute Gasteiger partial charge is 0.383 e. The predicted octanol–water partition coefficient (Wildman–Crippen LogP) is 3.03. The number of hydrogen-bond donors (Lipinski definition) is 2. The minimum Gasteiger partial charge on any atom is -0.383 e. The highest BCUT2D eigenvalue weighted by molar-refractivity contribution is 6.03. The van der Waals surface area contributed by atoms with Gasteiger partial charge in [0.15, 0.2) is 0 Å². The maximum atomic E-state index is 12.4. The summed E-state index contributed by atoms with van der Waals surface area (Å²) in [6.07, 6.45) is 2.80. The Labute approximate surface area is 174 Å². The summed E-state index contributed by atoms with van der Waals surface area (Å²) < 4.78 is 6.89. The molecule has 1 aromatic carbocycles. The smallest absolute Gasteiger partial charge is 0.254 e. The van der Waals surface area contributed by atoms with E-state index < -0.39 is 5.91 Å². The summed E-state index contributed by atoms with van der Waals surface area (Å²) in [5.74, 6) is 1.06. The molecule has 3 aromatic rings. The Bertz CT molecular complexity index is 1090. The van der Waals surface area contributed by atoms with Crippen LogP contribution in [0.15, 0.2) is 34.9 Å². The first-order valence-corrected chi connectivity index (χ1v) is 10.1. The lowest BCUT2D eigenvalue weighted by molar-refractivity contribution is -0.117. The molecule has 4 N–H and O–H groups in total. The van der Waals surface area contributed by atoms with E-state index in [1.807, 2.05) is 44.2 Å². The highest BCUT2D eigenvalue weighted by Crippen LogP contribution is 2.40. The number of nitrogens with zero attached hydrogens (tertiary/aromatic N) is 3. The SMILES string of the molecule is CC(C)n1nc(-c2ccc(CC(=O)Cc3cc(C4CC4)on3)cc2)c(C(N)=O)c1N. The van der Waals surface area contributed by atoms with Crippen molar-refractivity contribution in [3.05, 3.63) is 52.9 Å². The van der Waals surface area contributed by atoms with Crippen LogP contribution in [0.5, 0.6) is 0 Å². The second-order valence-electron chi connectivity index (χ2n) is 8.10. The molecule has 1 aliphatic carbocycles. The zero-order chi connectivity index (χ0) is 21.4. The number of aromatic nitrogens is 3. The maximum absolute atomic E-state index is 12.4. The van der Waals surface area contributed by atoms with E-state index in [1.165, 1.54) is 0 Å². The van der Waals surface area contributed by atoms with Gasteiger partial charge in [0.05, 0.1) is 12.1 Å². The van der Waals surface area contributed by atoms with Crippen LogP contribution in [-0.4, -0.2) is 26.6 Å². The van der Waals surface area contributed by atoms with Gasteiger partial charge in [0, 0.05) is 30.0 Å². The van der Waals surface area contributed by atoms with Crippen molar-refractivity contribution < 1.29 is 14.1 Å². The number of amides is 1. The van der Waals surface area contributed by atoms with Crippen LogP contribution < -0.4 is 11.5 Å². The van der Waals surface area contributed by atoms with E-state index in [9.17, 15) is 9.59 Å². The van der Waals surface area contributed by atoms with E-state index in [1.54, 1.807) is 4.68 Å². The van der Waals surface area contributed by atoms with E-state index >= 15 is 0 Å². The van der Waals surface area contributed by atoms with Crippen LogP contribution in [0.25, 0.3) is 11.3 Å². The Hall–Kier alpha value is -3.42.